The van der Waals surface area contributed by atoms with E-state index in [1.165, 1.54) is 5.56 Å². The molecule has 1 saturated heterocycles. The smallest absolute Gasteiger partial charge is 0.245 e. The van der Waals surface area contributed by atoms with Crippen molar-refractivity contribution in [1.29, 1.82) is 0 Å². The minimum atomic E-state index is 0.00338. The zero-order valence-corrected chi connectivity index (χ0v) is 10.7. The second-order valence-electron chi connectivity index (χ2n) is 5.21. The largest absolute Gasteiger partial charge is 0.359 e. The lowest BCUT2D eigenvalue weighted by molar-refractivity contribution is -0.127. The minimum Gasteiger partial charge on any atom is -0.359 e. The lowest BCUT2D eigenvalue weighted by Gasteiger charge is -2.37. The Morgan fingerprint density at radius 2 is 2.00 bits per heavy atom. The van der Waals surface area contributed by atoms with E-state index >= 15 is 0 Å². The molecule has 1 aromatic carbocycles. The number of rotatable bonds is 1. The molecule has 2 aliphatic rings. The fourth-order valence-electron chi connectivity index (χ4n) is 3.03. The number of benzene rings is 1. The second-order valence-corrected chi connectivity index (χ2v) is 5.21. The summed E-state index contributed by atoms with van der Waals surface area (Å²) in [4.78, 5) is 16.2. The van der Waals surface area contributed by atoms with E-state index in [1.807, 2.05) is 24.1 Å². The van der Waals surface area contributed by atoms with Crippen molar-refractivity contribution in [3.63, 3.8) is 0 Å². The van der Waals surface area contributed by atoms with Crippen molar-refractivity contribution < 1.29 is 4.79 Å². The molecule has 4 heteroatoms. The van der Waals surface area contributed by atoms with Crippen LogP contribution in [0, 0.1) is 0 Å². The summed E-state index contributed by atoms with van der Waals surface area (Å²) in [5.74, 6) is 0.236. The summed E-state index contributed by atoms with van der Waals surface area (Å²) in [6.07, 6.45) is 1.84. The Labute approximate surface area is 107 Å². The van der Waals surface area contributed by atoms with Gasteiger partial charge in [0.1, 0.15) is 6.04 Å². The number of likely N-dealkylation sites (N-methyl/N-ethyl adjacent to an activating group) is 1. The summed E-state index contributed by atoms with van der Waals surface area (Å²) in [7, 11) is 1.88. The highest BCUT2D eigenvalue weighted by Gasteiger charge is 2.36. The first-order valence-corrected chi connectivity index (χ1v) is 6.54. The Balaban J connectivity index is 1.95. The number of carbonyl (C=O) groups excluding carboxylic acids is 1. The van der Waals surface area contributed by atoms with Crippen LogP contribution in [0.15, 0.2) is 24.3 Å². The number of para-hydroxylation sites is 1. The maximum atomic E-state index is 12.1. The molecule has 2 heterocycles. The Morgan fingerprint density at radius 3 is 2.72 bits per heavy atom. The summed E-state index contributed by atoms with van der Waals surface area (Å²) in [6.45, 7) is 1.73. The van der Waals surface area contributed by atoms with Crippen LogP contribution >= 0.6 is 0 Å². The van der Waals surface area contributed by atoms with Crippen molar-refractivity contribution >= 4 is 11.6 Å². The zero-order valence-electron chi connectivity index (χ0n) is 10.7. The first-order valence-electron chi connectivity index (χ1n) is 6.54. The van der Waals surface area contributed by atoms with E-state index in [4.69, 9.17) is 5.73 Å². The van der Waals surface area contributed by atoms with Gasteiger partial charge in [0.25, 0.3) is 0 Å². The molecular weight excluding hydrogens is 226 g/mol. The number of hydrogen-bond donors (Lipinski definition) is 1. The van der Waals surface area contributed by atoms with Gasteiger partial charge in [-0.05, 0) is 24.5 Å². The third-order valence-electron chi connectivity index (χ3n) is 4.10. The highest BCUT2D eigenvalue weighted by Crippen LogP contribution is 2.35. The van der Waals surface area contributed by atoms with Gasteiger partial charge in [-0.3, -0.25) is 4.79 Å². The number of hydrogen-bond acceptors (Lipinski definition) is 3. The average Bonchev–Trinajstić information content (AvgIpc) is 2.71. The van der Waals surface area contributed by atoms with Gasteiger partial charge < -0.3 is 15.5 Å². The first kappa shape index (κ1) is 11.5. The van der Waals surface area contributed by atoms with Gasteiger partial charge in [0, 0.05) is 31.9 Å². The fourth-order valence-corrected chi connectivity index (χ4v) is 3.03. The van der Waals surface area contributed by atoms with Gasteiger partial charge >= 0.3 is 0 Å². The minimum absolute atomic E-state index is 0.00338. The fraction of sp³-hybridized carbons (Fsp3) is 0.500. The molecule has 18 heavy (non-hydrogen) atoms. The van der Waals surface area contributed by atoms with Crippen LogP contribution < -0.4 is 10.6 Å². The number of fused-ring (bicyclic) bond motifs is 1. The molecule has 1 fully saturated rings. The molecule has 2 unspecified atom stereocenters. The van der Waals surface area contributed by atoms with E-state index < -0.39 is 0 Å². The van der Waals surface area contributed by atoms with E-state index in [9.17, 15) is 4.79 Å². The van der Waals surface area contributed by atoms with E-state index in [2.05, 4.69) is 17.0 Å². The highest BCUT2D eigenvalue weighted by molar-refractivity contribution is 5.87. The Morgan fingerprint density at radius 1 is 1.22 bits per heavy atom. The molecular formula is C14H19N3O. The van der Waals surface area contributed by atoms with Crippen LogP contribution in [0.5, 0.6) is 0 Å². The summed E-state index contributed by atoms with van der Waals surface area (Å²) >= 11 is 0. The van der Waals surface area contributed by atoms with Crippen LogP contribution in [0.4, 0.5) is 5.69 Å². The number of nitrogens with two attached hydrogens (primary N) is 1. The zero-order chi connectivity index (χ0) is 12.7. The molecule has 96 valence electrons. The van der Waals surface area contributed by atoms with Gasteiger partial charge in [-0.15, -0.1) is 0 Å². The molecule has 0 radical (unpaired) electrons. The average molecular weight is 245 g/mol. The molecule has 4 nitrogen and oxygen atoms in total. The Bertz CT molecular complexity index is 474. The first-order chi connectivity index (χ1) is 8.68. The predicted molar refractivity (Wildman–Crippen MR) is 71.4 cm³/mol. The molecule has 0 bridgehead atoms. The van der Waals surface area contributed by atoms with Crippen LogP contribution in [0.3, 0.4) is 0 Å². The molecule has 2 atom stereocenters. The maximum Gasteiger partial charge on any atom is 0.245 e. The number of amides is 1. The molecule has 0 aliphatic carbocycles. The Hall–Kier alpha value is -1.55. The second kappa shape index (κ2) is 4.28. The quantitative estimate of drug-likeness (QED) is 0.807. The molecule has 3 rings (SSSR count). The van der Waals surface area contributed by atoms with Crippen molar-refractivity contribution in [3.8, 4) is 0 Å². The van der Waals surface area contributed by atoms with Crippen molar-refractivity contribution in [3.05, 3.63) is 29.8 Å². The summed E-state index contributed by atoms with van der Waals surface area (Å²) in [6, 6.07) is 8.31. The molecule has 0 saturated carbocycles. The molecule has 2 aliphatic heterocycles. The van der Waals surface area contributed by atoms with Gasteiger partial charge in [0.2, 0.25) is 5.91 Å². The van der Waals surface area contributed by atoms with Gasteiger partial charge in [-0.25, -0.2) is 0 Å². The molecule has 1 amide bonds. The number of nitrogens with zero attached hydrogens (tertiary/aromatic N) is 2. The van der Waals surface area contributed by atoms with Crippen LogP contribution in [0.1, 0.15) is 24.4 Å². The van der Waals surface area contributed by atoms with E-state index in [0.717, 1.165) is 31.6 Å². The lowest BCUT2D eigenvalue weighted by Crippen LogP contribution is -2.45. The summed E-state index contributed by atoms with van der Waals surface area (Å²) in [5.41, 5.74) is 8.46. The van der Waals surface area contributed by atoms with Crippen molar-refractivity contribution in [1.82, 2.24) is 4.90 Å². The summed E-state index contributed by atoms with van der Waals surface area (Å²) < 4.78 is 0. The van der Waals surface area contributed by atoms with E-state index in [-0.39, 0.29) is 18.0 Å². The van der Waals surface area contributed by atoms with Crippen LogP contribution in [-0.2, 0) is 4.79 Å². The molecule has 0 spiro atoms. The maximum absolute atomic E-state index is 12.1. The van der Waals surface area contributed by atoms with E-state index in [0.29, 0.717) is 0 Å². The van der Waals surface area contributed by atoms with Crippen LogP contribution in [0.25, 0.3) is 0 Å². The SMILES string of the molecule is CN1CCC(N2CCC(N)c3ccccc32)C1=O. The predicted octanol–water partition coefficient (Wildman–Crippen LogP) is 1.13. The lowest BCUT2D eigenvalue weighted by atomic mass is 9.95. The van der Waals surface area contributed by atoms with Gasteiger partial charge in [-0.1, -0.05) is 18.2 Å². The van der Waals surface area contributed by atoms with Gasteiger partial charge in [-0.2, -0.15) is 0 Å². The molecule has 0 aromatic heterocycles. The van der Waals surface area contributed by atoms with Crippen molar-refractivity contribution in [2.45, 2.75) is 24.9 Å². The summed E-state index contributed by atoms with van der Waals surface area (Å²) in [5, 5.41) is 0. The van der Waals surface area contributed by atoms with Crippen LogP contribution in [-0.4, -0.2) is 37.0 Å². The standard InChI is InChI=1S/C14H19N3O/c1-16-8-7-13(14(16)18)17-9-6-11(15)10-4-2-3-5-12(10)17/h2-5,11,13H,6-9,15H2,1H3. The topological polar surface area (TPSA) is 49.6 Å². The van der Waals surface area contributed by atoms with Crippen molar-refractivity contribution in [2.75, 3.05) is 25.0 Å². The highest BCUT2D eigenvalue weighted by atomic mass is 16.2. The number of anilines is 1. The molecule has 1 aromatic rings. The van der Waals surface area contributed by atoms with Gasteiger partial charge in [0.05, 0.1) is 0 Å². The van der Waals surface area contributed by atoms with Crippen molar-refractivity contribution in [2.24, 2.45) is 5.73 Å². The monoisotopic (exact) mass is 245 g/mol. The number of likely N-dealkylation sites (tertiary alicyclic amines) is 1. The Kier molecular flexibility index (Phi) is 2.74. The third-order valence-corrected chi connectivity index (χ3v) is 4.10. The normalized spacial score (nSPS) is 27.6. The van der Waals surface area contributed by atoms with Crippen LogP contribution in [0.2, 0.25) is 0 Å². The van der Waals surface area contributed by atoms with Gasteiger partial charge in [0.15, 0.2) is 0 Å². The third kappa shape index (κ3) is 1.68. The molecule has 2 N–H and O–H groups in total. The van der Waals surface area contributed by atoms with E-state index in [1.54, 1.807) is 0 Å². The number of carbonyl (C=O) groups is 1.